The smallest absolute Gasteiger partial charge is 0.411 e. The first kappa shape index (κ1) is 22.7. The SMILES string of the molecule is COc1ccccc1N(CC1CCC(Nc2cc(N(C)C)c3ccccc3n2)CC1)C(=O)O. The van der Waals surface area contributed by atoms with Gasteiger partial charge in [0, 0.05) is 43.8 Å². The highest BCUT2D eigenvalue weighted by atomic mass is 16.5. The molecule has 174 valence electrons. The van der Waals surface area contributed by atoms with Crippen LogP contribution in [0.1, 0.15) is 25.7 Å². The van der Waals surface area contributed by atoms with Crippen molar-refractivity contribution >= 4 is 34.2 Å². The predicted molar refractivity (Wildman–Crippen MR) is 134 cm³/mol. The van der Waals surface area contributed by atoms with Crippen LogP contribution < -0.4 is 19.9 Å². The van der Waals surface area contributed by atoms with Crippen LogP contribution in [-0.4, -0.2) is 50.0 Å². The minimum absolute atomic E-state index is 0.311. The number of ether oxygens (including phenoxy) is 1. The minimum atomic E-state index is -0.948. The van der Waals surface area contributed by atoms with Crippen LogP contribution >= 0.6 is 0 Å². The van der Waals surface area contributed by atoms with Gasteiger partial charge in [-0.1, -0.05) is 30.3 Å². The van der Waals surface area contributed by atoms with Gasteiger partial charge >= 0.3 is 6.09 Å². The molecule has 0 radical (unpaired) electrons. The lowest BCUT2D eigenvalue weighted by Gasteiger charge is -2.33. The van der Waals surface area contributed by atoms with E-state index in [2.05, 4.69) is 22.3 Å². The van der Waals surface area contributed by atoms with Gasteiger partial charge in [-0.15, -0.1) is 0 Å². The van der Waals surface area contributed by atoms with Crippen LogP contribution in [0, 0.1) is 5.92 Å². The Morgan fingerprint density at radius 2 is 1.76 bits per heavy atom. The Hall–Kier alpha value is -3.48. The Balaban J connectivity index is 1.41. The van der Waals surface area contributed by atoms with Gasteiger partial charge in [-0.25, -0.2) is 9.78 Å². The van der Waals surface area contributed by atoms with E-state index in [-0.39, 0.29) is 0 Å². The van der Waals surface area contributed by atoms with Crippen LogP contribution in [0.15, 0.2) is 54.6 Å². The molecule has 1 amide bonds. The van der Waals surface area contributed by atoms with Crippen molar-refractivity contribution in [1.82, 2.24) is 4.98 Å². The lowest BCUT2D eigenvalue weighted by molar-refractivity contribution is 0.198. The van der Waals surface area contributed by atoms with Crippen molar-refractivity contribution in [3.05, 3.63) is 54.6 Å². The molecule has 1 aliphatic carbocycles. The zero-order valence-electron chi connectivity index (χ0n) is 19.5. The molecule has 3 aromatic rings. The molecule has 1 saturated carbocycles. The number of benzene rings is 2. The summed E-state index contributed by atoms with van der Waals surface area (Å²) in [7, 11) is 5.66. The number of para-hydroxylation sites is 3. The number of nitrogens with zero attached hydrogens (tertiary/aromatic N) is 3. The third kappa shape index (κ3) is 5.13. The molecule has 0 bridgehead atoms. The normalized spacial score (nSPS) is 18.0. The van der Waals surface area contributed by atoms with Crippen LogP contribution in [0.5, 0.6) is 5.75 Å². The van der Waals surface area contributed by atoms with Gasteiger partial charge in [0.05, 0.1) is 18.3 Å². The molecule has 0 unspecified atom stereocenters. The van der Waals surface area contributed by atoms with E-state index in [1.54, 1.807) is 19.2 Å². The van der Waals surface area contributed by atoms with Gasteiger partial charge < -0.3 is 20.1 Å². The number of amides is 1. The third-order valence-corrected chi connectivity index (χ3v) is 6.42. The number of rotatable bonds is 7. The van der Waals surface area contributed by atoms with Crippen molar-refractivity contribution in [2.24, 2.45) is 5.92 Å². The Morgan fingerprint density at radius 3 is 2.45 bits per heavy atom. The Kier molecular flexibility index (Phi) is 6.87. The first-order valence-corrected chi connectivity index (χ1v) is 11.4. The maximum atomic E-state index is 12.0. The topological polar surface area (TPSA) is 77.9 Å². The van der Waals surface area contributed by atoms with Crippen LogP contribution in [0.4, 0.5) is 22.0 Å². The van der Waals surface area contributed by atoms with Crippen molar-refractivity contribution in [3.63, 3.8) is 0 Å². The van der Waals surface area contributed by atoms with E-state index in [0.717, 1.165) is 48.1 Å². The molecule has 2 N–H and O–H groups in total. The highest BCUT2D eigenvalue weighted by Crippen LogP contribution is 2.33. The molecule has 0 spiro atoms. The predicted octanol–water partition coefficient (Wildman–Crippen LogP) is 5.46. The van der Waals surface area contributed by atoms with E-state index in [4.69, 9.17) is 9.72 Å². The van der Waals surface area contributed by atoms with Gasteiger partial charge in [-0.3, -0.25) is 4.90 Å². The quantitative estimate of drug-likeness (QED) is 0.499. The van der Waals surface area contributed by atoms with Gasteiger partial charge in [0.1, 0.15) is 11.6 Å². The maximum Gasteiger partial charge on any atom is 0.411 e. The summed E-state index contributed by atoms with van der Waals surface area (Å²) in [5.74, 6) is 1.78. The number of carboxylic acid groups (broad SMARTS) is 1. The van der Waals surface area contributed by atoms with Crippen molar-refractivity contribution in [2.75, 3.05) is 42.9 Å². The highest BCUT2D eigenvalue weighted by Gasteiger charge is 2.27. The Labute approximate surface area is 195 Å². The molecular weight excluding hydrogens is 416 g/mol. The summed E-state index contributed by atoms with van der Waals surface area (Å²) in [6.07, 6.45) is 2.94. The molecule has 0 aliphatic heterocycles. The van der Waals surface area contributed by atoms with E-state index in [1.165, 1.54) is 4.90 Å². The van der Waals surface area contributed by atoms with Crippen LogP contribution in [0.2, 0.25) is 0 Å². The number of hydrogen-bond acceptors (Lipinski definition) is 5. The zero-order valence-corrected chi connectivity index (χ0v) is 19.5. The summed E-state index contributed by atoms with van der Waals surface area (Å²) in [4.78, 5) is 20.3. The lowest BCUT2D eigenvalue weighted by Crippen LogP contribution is -2.37. The standard InChI is InChI=1S/C26H32N4O3/c1-29(2)23-16-25(28-21-9-5-4-8-20(21)23)27-19-14-12-18(13-15-19)17-30(26(31)32)22-10-6-7-11-24(22)33-3/h4-11,16,18-19H,12-15,17H2,1-3H3,(H,27,28)(H,31,32). The average Bonchev–Trinajstić information content (AvgIpc) is 2.82. The summed E-state index contributed by atoms with van der Waals surface area (Å²) in [6, 6.07) is 17.9. The number of carbonyl (C=O) groups is 1. The summed E-state index contributed by atoms with van der Waals surface area (Å²) in [5, 5.41) is 14.6. The van der Waals surface area contributed by atoms with Crippen LogP contribution in [0.25, 0.3) is 10.9 Å². The molecule has 2 aromatic carbocycles. The second-order valence-electron chi connectivity index (χ2n) is 8.87. The summed E-state index contributed by atoms with van der Waals surface area (Å²) < 4.78 is 5.38. The molecule has 1 fully saturated rings. The lowest BCUT2D eigenvalue weighted by atomic mass is 9.85. The van der Waals surface area contributed by atoms with Crippen molar-refractivity contribution in [3.8, 4) is 5.75 Å². The van der Waals surface area contributed by atoms with Gasteiger partial charge in [-0.05, 0) is 49.8 Å². The number of fused-ring (bicyclic) bond motifs is 1. The second-order valence-corrected chi connectivity index (χ2v) is 8.87. The molecule has 0 atom stereocenters. The second kappa shape index (κ2) is 9.98. The number of anilines is 3. The fraction of sp³-hybridized carbons (Fsp3) is 0.385. The van der Waals surface area contributed by atoms with Crippen molar-refractivity contribution < 1.29 is 14.6 Å². The van der Waals surface area contributed by atoms with Gasteiger partial charge in [-0.2, -0.15) is 0 Å². The first-order valence-electron chi connectivity index (χ1n) is 11.4. The van der Waals surface area contributed by atoms with E-state index >= 15 is 0 Å². The van der Waals surface area contributed by atoms with E-state index in [9.17, 15) is 9.90 Å². The minimum Gasteiger partial charge on any atom is -0.495 e. The molecule has 0 saturated heterocycles. The van der Waals surface area contributed by atoms with E-state index in [0.29, 0.717) is 29.9 Å². The van der Waals surface area contributed by atoms with Crippen molar-refractivity contribution in [2.45, 2.75) is 31.7 Å². The molecule has 1 heterocycles. The van der Waals surface area contributed by atoms with Gasteiger partial charge in [0.25, 0.3) is 0 Å². The average molecular weight is 449 g/mol. The van der Waals surface area contributed by atoms with Gasteiger partial charge in [0.15, 0.2) is 0 Å². The molecule has 1 aromatic heterocycles. The number of hydrogen-bond donors (Lipinski definition) is 2. The fourth-order valence-corrected chi connectivity index (χ4v) is 4.69. The molecule has 1 aliphatic rings. The van der Waals surface area contributed by atoms with E-state index in [1.807, 2.05) is 44.4 Å². The van der Waals surface area contributed by atoms with E-state index < -0.39 is 6.09 Å². The molecule has 7 nitrogen and oxygen atoms in total. The number of nitrogens with one attached hydrogen (secondary N) is 1. The summed E-state index contributed by atoms with van der Waals surface area (Å²) in [5.41, 5.74) is 2.73. The monoisotopic (exact) mass is 448 g/mol. The molecule has 33 heavy (non-hydrogen) atoms. The van der Waals surface area contributed by atoms with Crippen LogP contribution in [0.3, 0.4) is 0 Å². The van der Waals surface area contributed by atoms with Crippen LogP contribution in [-0.2, 0) is 0 Å². The first-order chi connectivity index (χ1) is 16.0. The number of methoxy groups -OCH3 is 1. The number of pyridine rings is 1. The fourth-order valence-electron chi connectivity index (χ4n) is 4.69. The summed E-state index contributed by atoms with van der Waals surface area (Å²) >= 11 is 0. The summed E-state index contributed by atoms with van der Waals surface area (Å²) in [6.45, 7) is 0.474. The Morgan fingerprint density at radius 1 is 1.06 bits per heavy atom. The largest absolute Gasteiger partial charge is 0.495 e. The zero-order chi connectivity index (χ0) is 23.4. The number of aromatic nitrogens is 1. The van der Waals surface area contributed by atoms with Gasteiger partial charge in [0.2, 0.25) is 0 Å². The molecule has 4 rings (SSSR count). The third-order valence-electron chi connectivity index (χ3n) is 6.42. The highest BCUT2D eigenvalue weighted by molar-refractivity contribution is 5.93. The Bertz CT molecular complexity index is 1110. The van der Waals surface area contributed by atoms with Crippen molar-refractivity contribution in [1.29, 1.82) is 0 Å². The maximum absolute atomic E-state index is 12.0. The molecular formula is C26H32N4O3. The molecule has 7 heteroatoms.